The summed E-state index contributed by atoms with van der Waals surface area (Å²) in [4.78, 5) is 11.0. The van der Waals surface area contributed by atoms with E-state index in [-0.39, 0.29) is 31.1 Å². The van der Waals surface area contributed by atoms with Crippen LogP contribution in [0.3, 0.4) is 0 Å². The maximum absolute atomic E-state index is 11.0. The van der Waals surface area contributed by atoms with Crippen molar-refractivity contribution >= 4 is 5.91 Å². The first-order valence-corrected chi connectivity index (χ1v) is 12.2. The van der Waals surface area contributed by atoms with Crippen molar-refractivity contribution in [1.82, 2.24) is 5.32 Å². The molecule has 0 bridgehead atoms. The first-order valence-electron chi connectivity index (χ1n) is 12.2. The molecule has 1 saturated carbocycles. The minimum atomic E-state index is -0.644. The predicted molar refractivity (Wildman–Crippen MR) is 134 cm³/mol. The highest BCUT2D eigenvalue weighted by Crippen LogP contribution is 2.28. The van der Waals surface area contributed by atoms with Crippen molar-refractivity contribution in [1.29, 1.82) is 0 Å². The number of carbonyl (C=O) groups excluding carboxylic acids is 1. The van der Waals surface area contributed by atoms with Gasteiger partial charge in [-0.2, -0.15) is 0 Å². The number of amides is 1. The van der Waals surface area contributed by atoms with Crippen LogP contribution in [0.1, 0.15) is 36.8 Å². The quantitative estimate of drug-likeness (QED) is 0.376. The smallest absolute Gasteiger partial charge is 0.221 e. The molecule has 0 aromatic heterocycles. The number of primary amides is 1. The molecule has 0 unspecified atom stereocenters. The SMILES string of the molecule is COc1ccc(CCO[C@H]2CCCC[C@H]2NC[C@@H](O)COc2ccc(CC(N)=O)cc2)cc1OC. The van der Waals surface area contributed by atoms with Crippen molar-refractivity contribution in [2.45, 2.75) is 56.8 Å². The van der Waals surface area contributed by atoms with Crippen LogP contribution < -0.4 is 25.3 Å². The predicted octanol–water partition coefficient (Wildman–Crippen LogP) is 2.63. The minimum Gasteiger partial charge on any atom is -0.493 e. The van der Waals surface area contributed by atoms with Gasteiger partial charge in [0.1, 0.15) is 18.5 Å². The summed E-state index contributed by atoms with van der Waals surface area (Å²) in [5, 5.41) is 13.9. The normalized spacial score (nSPS) is 18.6. The molecule has 2 aromatic carbocycles. The molecule has 8 heteroatoms. The van der Waals surface area contributed by atoms with E-state index in [1.165, 1.54) is 0 Å². The maximum atomic E-state index is 11.0. The van der Waals surface area contributed by atoms with Gasteiger partial charge in [0, 0.05) is 12.6 Å². The molecule has 192 valence electrons. The zero-order valence-electron chi connectivity index (χ0n) is 20.7. The van der Waals surface area contributed by atoms with Crippen molar-refractivity contribution in [2.24, 2.45) is 5.73 Å². The van der Waals surface area contributed by atoms with Crippen LogP contribution in [-0.4, -0.2) is 63.2 Å². The number of nitrogens with two attached hydrogens (primary N) is 1. The van der Waals surface area contributed by atoms with Gasteiger partial charge in [0.25, 0.3) is 0 Å². The monoisotopic (exact) mass is 486 g/mol. The number of carbonyl (C=O) groups is 1. The van der Waals surface area contributed by atoms with Crippen LogP contribution in [0.2, 0.25) is 0 Å². The van der Waals surface area contributed by atoms with E-state index in [1.54, 1.807) is 38.5 Å². The van der Waals surface area contributed by atoms with E-state index >= 15 is 0 Å². The van der Waals surface area contributed by atoms with Gasteiger partial charge in [-0.1, -0.05) is 31.0 Å². The average molecular weight is 487 g/mol. The maximum Gasteiger partial charge on any atom is 0.221 e. The van der Waals surface area contributed by atoms with Crippen molar-refractivity contribution in [3.8, 4) is 17.2 Å². The molecule has 4 N–H and O–H groups in total. The van der Waals surface area contributed by atoms with E-state index < -0.39 is 6.10 Å². The molecule has 0 heterocycles. The second-order valence-electron chi connectivity index (χ2n) is 8.90. The molecule has 0 aliphatic heterocycles. The summed E-state index contributed by atoms with van der Waals surface area (Å²) in [6, 6.07) is 13.3. The molecule has 3 atom stereocenters. The number of aliphatic hydroxyl groups is 1. The Labute approximate surface area is 207 Å². The van der Waals surface area contributed by atoms with E-state index in [0.29, 0.717) is 18.9 Å². The summed E-state index contributed by atoms with van der Waals surface area (Å²) < 4.78 is 22.6. The Morgan fingerprint density at radius 1 is 1.06 bits per heavy atom. The molecule has 35 heavy (non-hydrogen) atoms. The van der Waals surface area contributed by atoms with Crippen LogP contribution >= 0.6 is 0 Å². The van der Waals surface area contributed by atoms with Crippen LogP contribution in [-0.2, 0) is 22.4 Å². The van der Waals surface area contributed by atoms with Gasteiger partial charge in [0.05, 0.1) is 33.4 Å². The molecular weight excluding hydrogens is 448 g/mol. The lowest BCUT2D eigenvalue weighted by Crippen LogP contribution is -2.47. The molecule has 0 spiro atoms. The van der Waals surface area contributed by atoms with Gasteiger partial charge in [-0.05, 0) is 54.7 Å². The Morgan fingerprint density at radius 2 is 1.77 bits per heavy atom. The number of rotatable bonds is 14. The molecule has 2 aromatic rings. The number of aliphatic hydroxyl groups excluding tert-OH is 1. The Kier molecular flexibility index (Phi) is 10.7. The first kappa shape index (κ1) is 26.8. The summed E-state index contributed by atoms with van der Waals surface area (Å²) >= 11 is 0. The van der Waals surface area contributed by atoms with E-state index in [4.69, 9.17) is 24.7 Å². The lowest BCUT2D eigenvalue weighted by Gasteiger charge is -2.33. The lowest BCUT2D eigenvalue weighted by atomic mass is 9.92. The molecule has 3 rings (SSSR count). The van der Waals surface area contributed by atoms with Crippen LogP contribution in [0.15, 0.2) is 42.5 Å². The van der Waals surface area contributed by atoms with Gasteiger partial charge in [-0.3, -0.25) is 4.79 Å². The van der Waals surface area contributed by atoms with E-state index in [1.807, 2.05) is 18.2 Å². The van der Waals surface area contributed by atoms with E-state index in [9.17, 15) is 9.90 Å². The molecule has 1 amide bonds. The van der Waals surface area contributed by atoms with Gasteiger partial charge < -0.3 is 35.1 Å². The Morgan fingerprint density at radius 3 is 2.49 bits per heavy atom. The molecule has 1 aliphatic rings. The van der Waals surface area contributed by atoms with Gasteiger partial charge in [0.2, 0.25) is 5.91 Å². The first-order chi connectivity index (χ1) is 17.0. The zero-order chi connectivity index (χ0) is 25.0. The van der Waals surface area contributed by atoms with Crippen molar-refractivity contribution in [3.63, 3.8) is 0 Å². The Balaban J connectivity index is 1.40. The third kappa shape index (κ3) is 8.72. The second kappa shape index (κ2) is 13.9. The topological polar surface area (TPSA) is 112 Å². The van der Waals surface area contributed by atoms with Crippen molar-refractivity contribution < 1.29 is 28.8 Å². The molecule has 0 saturated heterocycles. The van der Waals surface area contributed by atoms with Crippen molar-refractivity contribution in [2.75, 3.05) is 34.0 Å². The highest BCUT2D eigenvalue weighted by molar-refractivity contribution is 5.76. The Hall–Kier alpha value is -2.81. The summed E-state index contributed by atoms with van der Waals surface area (Å²) in [5.41, 5.74) is 7.18. The van der Waals surface area contributed by atoms with Crippen LogP contribution in [0.5, 0.6) is 17.2 Å². The van der Waals surface area contributed by atoms with Crippen molar-refractivity contribution in [3.05, 3.63) is 53.6 Å². The number of hydrogen-bond acceptors (Lipinski definition) is 7. The highest BCUT2D eigenvalue weighted by atomic mass is 16.5. The molecule has 8 nitrogen and oxygen atoms in total. The van der Waals surface area contributed by atoms with E-state index in [0.717, 1.165) is 54.7 Å². The summed E-state index contributed by atoms with van der Waals surface area (Å²) in [6.07, 6.45) is 4.80. The minimum absolute atomic E-state index is 0.120. The summed E-state index contributed by atoms with van der Waals surface area (Å²) in [7, 11) is 3.27. The average Bonchev–Trinajstić information content (AvgIpc) is 2.87. The van der Waals surface area contributed by atoms with Gasteiger partial charge >= 0.3 is 0 Å². The van der Waals surface area contributed by atoms with Gasteiger partial charge in [-0.15, -0.1) is 0 Å². The largest absolute Gasteiger partial charge is 0.493 e. The lowest BCUT2D eigenvalue weighted by molar-refractivity contribution is -0.117. The van der Waals surface area contributed by atoms with Crippen LogP contribution in [0.4, 0.5) is 0 Å². The zero-order valence-corrected chi connectivity index (χ0v) is 20.7. The number of ether oxygens (including phenoxy) is 4. The third-order valence-electron chi connectivity index (χ3n) is 6.23. The fourth-order valence-corrected chi connectivity index (χ4v) is 4.34. The summed E-state index contributed by atoms with van der Waals surface area (Å²) in [6.45, 7) is 1.23. The highest BCUT2D eigenvalue weighted by Gasteiger charge is 2.26. The molecule has 1 fully saturated rings. The van der Waals surface area contributed by atoms with Crippen LogP contribution in [0, 0.1) is 0 Å². The van der Waals surface area contributed by atoms with Gasteiger partial charge in [-0.25, -0.2) is 0 Å². The third-order valence-corrected chi connectivity index (χ3v) is 6.23. The van der Waals surface area contributed by atoms with E-state index in [2.05, 4.69) is 5.32 Å². The molecular formula is C27H38N2O6. The summed E-state index contributed by atoms with van der Waals surface area (Å²) in [5.74, 6) is 1.72. The Bertz CT molecular complexity index is 920. The van der Waals surface area contributed by atoms with Gasteiger partial charge in [0.15, 0.2) is 11.5 Å². The number of methoxy groups -OCH3 is 2. The molecule has 0 radical (unpaired) electrons. The number of hydrogen-bond donors (Lipinski definition) is 3. The number of benzene rings is 2. The fraction of sp³-hybridized carbons (Fsp3) is 0.519. The second-order valence-corrected chi connectivity index (χ2v) is 8.90. The van der Waals surface area contributed by atoms with Crippen LogP contribution in [0.25, 0.3) is 0 Å². The standard InChI is InChI=1S/C27H38N2O6/c1-32-25-12-9-20(15-26(25)33-2)13-14-34-24-6-4-3-5-23(24)29-17-21(30)18-35-22-10-7-19(8-11-22)16-27(28)31/h7-12,15,21,23-24,29-30H,3-6,13-14,16-18H2,1-2H3,(H2,28,31)/t21-,23-,24+/m1/s1. The fourth-order valence-electron chi connectivity index (χ4n) is 4.34. The molecule has 1 aliphatic carbocycles. The number of nitrogens with one attached hydrogen (secondary N) is 1.